The molecule has 1 N–H and O–H groups in total. The van der Waals surface area contributed by atoms with E-state index in [1.165, 1.54) is 0 Å². The third kappa shape index (κ3) is 3.50. The molecule has 1 saturated heterocycles. The molecule has 0 spiro atoms. The normalized spacial score (nSPS) is 16.8. The van der Waals surface area contributed by atoms with Gasteiger partial charge in [-0.2, -0.15) is 0 Å². The molecule has 110 valence electrons. The van der Waals surface area contributed by atoms with Gasteiger partial charge in [-0.1, -0.05) is 0 Å². The number of carbonyl (C=O) groups is 1. The second kappa shape index (κ2) is 6.26. The van der Waals surface area contributed by atoms with Crippen molar-refractivity contribution < 1.29 is 18.0 Å². The molecule has 0 aliphatic carbocycles. The van der Waals surface area contributed by atoms with E-state index >= 15 is 0 Å². The first-order valence-electron chi connectivity index (χ1n) is 6.62. The highest BCUT2D eigenvalue weighted by Crippen LogP contribution is 2.14. The van der Waals surface area contributed by atoms with Gasteiger partial charge in [0.2, 0.25) is 5.91 Å². The minimum atomic E-state index is -1.45. The minimum absolute atomic E-state index is 0.00627. The Kier molecular flexibility index (Phi) is 4.65. The summed E-state index contributed by atoms with van der Waals surface area (Å²) in [4.78, 5) is 13.2. The molecule has 1 unspecified atom stereocenters. The van der Waals surface area contributed by atoms with E-state index < -0.39 is 17.5 Å². The summed E-state index contributed by atoms with van der Waals surface area (Å²) in [7, 11) is 0. The van der Waals surface area contributed by atoms with E-state index in [0.29, 0.717) is 18.5 Å². The summed E-state index contributed by atoms with van der Waals surface area (Å²) in [5.74, 6) is -3.70. The van der Waals surface area contributed by atoms with Crippen molar-refractivity contribution in [3.8, 4) is 0 Å². The summed E-state index contributed by atoms with van der Waals surface area (Å²) in [6.07, 6.45) is 1.46. The van der Waals surface area contributed by atoms with Crippen LogP contribution in [0.3, 0.4) is 0 Å². The number of rotatable bonds is 5. The third-order valence-corrected chi connectivity index (χ3v) is 3.36. The first-order chi connectivity index (χ1) is 9.47. The quantitative estimate of drug-likeness (QED) is 0.842. The Bertz CT molecular complexity index is 484. The standard InChI is InChI=1S/C14H17F3N2O/c1-9(8-19-4-2-3-13(19)20)18-7-10-5-11(15)14(17)12(16)6-10/h5-6,9,18H,2-4,7-8H2,1H3. The van der Waals surface area contributed by atoms with Gasteiger partial charge in [0, 0.05) is 32.1 Å². The summed E-state index contributed by atoms with van der Waals surface area (Å²) < 4.78 is 38.9. The maximum atomic E-state index is 13.0. The highest BCUT2D eigenvalue weighted by molar-refractivity contribution is 5.78. The zero-order chi connectivity index (χ0) is 14.7. The molecule has 1 amide bonds. The SMILES string of the molecule is CC(CN1CCCC1=O)NCc1cc(F)c(F)c(F)c1. The Balaban J connectivity index is 1.87. The van der Waals surface area contributed by atoms with Gasteiger partial charge in [-0.05, 0) is 31.0 Å². The number of benzene rings is 1. The van der Waals surface area contributed by atoms with Gasteiger partial charge in [0.15, 0.2) is 17.5 Å². The largest absolute Gasteiger partial charge is 0.341 e. The average Bonchev–Trinajstić information content (AvgIpc) is 2.79. The highest BCUT2D eigenvalue weighted by Gasteiger charge is 2.21. The highest BCUT2D eigenvalue weighted by atomic mass is 19.2. The lowest BCUT2D eigenvalue weighted by Gasteiger charge is -2.21. The van der Waals surface area contributed by atoms with Crippen LogP contribution in [-0.2, 0) is 11.3 Å². The molecular weight excluding hydrogens is 269 g/mol. The van der Waals surface area contributed by atoms with Crippen molar-refractivity contribution in [1.82, 2.24) is 10.2 Å². The molecule has 1 atom stereocenters. The Labute approximate surface area is 115 Å². The Morgan fingerprint density at radius 1 is 1.30 bits per heavy atom. The van der Waals surface area contributed by atoms with Crippen LogP contribution in [0.1, 0.15) is 25.3 Å². The van der Waals surface area contributed by atoms with Crippen LogP contribution in [0.15, 0.2) is 12.1 Å². The third-order valence-electron chi connectivity index (χ3n) is 3.36. The molecule has 2 rings (SSSR count). The lowest BCUT2D eigenvalue weighted by Crippen LogP contribution is -2.39. The number of amides is 1. The molecular formula is C14H17F3N2O. The fraction of sp³-hybridized carbons (Fsp3) is 0.500. The van der Waals surface area contributed by atoms with Gasteiger partial charge in [0.05, 0.1) is 0 Å². The molecule has 1 heterocycles. The summed E-state index contributed by atoms with van der Waals surface area (Å²) in [6, 6.07) is 1.94. The van der Waals surface area contributed by atoms with Crippen molar-refractivity contribution in [1.29, 1.82) is 0 Å². The first-order valence-corrected chi connectivity index (χ1v) is 6.62. The maximum Gasteiger partial charge on any atom is 0.222 e. The number of hydrogen-bond acceptors (Lipinski definition) is 2. The van der Waals surface area contributed by atoms with Crippen LogP contribution in [-0.4, -0.2) is 29.9 Å². The second-order valence-electron chi connectivity index (χ2n) is 5.10. The zero-order valence-corrected chi connectivity index (χ0v) is 11.3. The summed E-state index contributed by atoms with van der Waals surface area (Å²) >= 11 is 0. The number of nitrogens with zero attached hydrogens (tertiary/aromatic N) is 1. The van der Waals surface area contributed by atoms with E-state index in [-0.39, 0.29) is 18.5 Å². The predicted molar refractivity (Wildman–Crippen MR) is 68.4 cm³/mol. The van der Waals surface area contributed by atoms with Crippen LogP contribution >= 0.6 is 0 Å². The van der Waals surface area contributed by atoms with E-state index in [4.69, 9.17) is 0 Å². The Morgan fingerprint density at radius 2 is 1.95 bits per heavy atom. The molecule has 1 aromatic rings. The van der Waals surface area contributed by atoms with Gasteiger partial charge in [0.1, 0.15) is 0 Å². The molecule has 1 aromatic carbocycles. The molecule has 3 nitrogen and oxygen atoms in total. The van der Waals surface area contributed by atoms with Gasteiger partial charge in [-0.15, -0.1) is 0 Å². The van der Waals surface area contributed by atoms with Crippen LogP contribution in [0.2, 0.25) is 0 Å². The second-order valence-corrected chi connectivity index (χ2v) is 5.10. The molecule has 1 aliphatic rings. The van der Waals surface area contributed by atoms with Crippen molar-refractivity contribution in [2.45, 2.75) is 32.4 Å². The summed E-state index contributed by atoms with van der Waals surface area (Å²) in [6.45, 7) is 3.43. The topological polar surface area (TPSA) is 32.3 Å². The first kappa shape index (κ1) is 14.8. The van der Waals surface area contributed by atoms with E-state index in [9.17, 15) is 18.0 Å². The van der Waals surface area contributed by atoms with Crippen LogP contribution in [0.4, 0.5) is 13.2 Å². The molecule has 0 aromatic heterocycles. The van der Waals surface area contributed by atoms with E-state index in [1.807, 2.05) is 6.92 Å². The maximum absolute atomic E-state index is 13.0. The van der Waals surface area contributed by atoms with Crippen LogP contribution in [0.5, 0.6) is 0 Å². The van der Waals surface area contributed by atoms with Crippen molar-refractivity contribution in [2.75, 3.05) is 13.1 Å². The fourth-order valence-electron chi connectivity index (χ4n) is 2.29. The lowest BCUT2D eigenvalue weighted by atomic mass is 10.2. The molecule has 20 heavy (non-hydrogen) atoms. The molecule has 6 heteroatoms. The summed E-state index contributed by atoms with van der Waals surface area (Å²) in [5.41, 5.74) is 0.334. The number of carbonyl (C=O) groups excluding carboxylic acids is 1. The van der Waals surface area contributed by atoms with Crippen molar-refractivity contribution in [2.24, 2.45) is 0 Å². The smallest absolute Gasteiger partial charge is 0.222 e. The molecule has 1 fully saturated rings. The van der Waals surface area contributed by atoms with Crippen LogP contribution in [0.25, 0.3) is 0 Å². The monoisotopic (exact) mass is 286 g/mol. The predicted octanol–water partition coefficient (Wildman–Crippen LogP) is 2.20. The van der Waals surface area contributed by atoms with E-state index in [2.05, 4.69) is 5.32 Å². The van der Waals surface area contributed by atoms with Gasteiger partial charge in [0.25, 0.3) is 0 Å². The average molecular weight is 286 g/mol. The lowest BCUT2D eigenvalue weighted by molar-refractivity contribution is -0.127. The zero-order valence-electron chi connectivity index (χ0n) is 11.3. The van der Waals surface area contributed by atoms with Gasteiger partial charge in [-0.3, -0.25) is 4.79 Å². The van der Waals surface area contributed by atoms with Crippen molar-refractivity contribution >= 4 is 5.91 Å². The van der Waals surface area contributed by atoms with Gasteiger partial charge in [-0.25, -0.2) is 13.2 Å². The Hall–Kier alpha value is -1.56. The number of hydrogen-bond donors (Lipinski definition) is 1. The van der Waals surface area contributed by atoms with Crippen molar-refractivity contribution in [3.05, 3.63) is 35.1 Å². The molecule has 0 bridgehead atoms. The molecule has 1 aliphatic heterocycles. The van der Waals surface area contributed by atoms with Gasteiger partial charge < -0.3 is 10.2 Å². The number of halogens is 3. The number of likely N-dealkylation sites (tertiary alicyclic amines) is 1. The van der Waals surface area contributed by atoms with Crippen LogP contribution < -0.4 is 5.32 Å². The van der Waals surface area contributed by atoms with Crippen molar-refractivity contribution in [3.63, 3.8) is 0 Å². The fourth-order valence-corrected chi connectivity index (χ4v) is 2.29. The van der Waals surface area contributed by atoms with E-state index in [1.54, 1.807) is 4.90 Å². The number of nitrogens with one attached hydrogen (secondary N) is 1. The minimum Gasteiger partial charge on any atom is -0.341 e. The van der Waals surface area contributed by atoms with Gasteiger partial charge >= 0.3 is 0 Å². The van der Waals surface area contributed by atoms with Crippen LogP contribution in [0, 0.1) is 17.5 Å². The molecule has 0 radical (unpaired) electrons. The molecule has 0 saturated carbocycles. The van der Waals surface area contributed by atoms with E-state index in [0.717, 1.165) is 25.1 Å². The summed E-state index contributed by atoms with van der Waals surface area (Å²) in [5, 5.41) is 3.07. The Morgan fingerprint density at radius 3 is 2.50 bits per heavy atom.